The first-order valence-electron chi connectivity index (χ1n) is 9.41. The number of rotatable bonds is 5. The number of carbonyl (C=O) groups is 1. The van der Waals surface area contributed by atoms with Gasteiger partial charge < -0.3 is 14.8 Å². The summed E-state index contributed by atoms with van der Waals surface area (Å²) in [6.45, 7) is 7.98. The van der Waals surface area contributed by atoms with Crippen LogP contribution < -0.4 is 14.8 Å². The smallest absolute Gasteiger partial charge is 0.273 e. The van der Waals surface area contributed by atoms with Crippen LogP contribution in [0.1, 0.15) is 33.6 Å². The van der Waals surface area contributed by atoms with Gasteiger partial charge >= 0.3 is 0 Å². The van der Waals surface area contributed by atoms with E-state index in [0.717, 1.165) is 17.7 Å². The molecule has 1 aromatic carbocycles. The van der Waals surface area contributed by atoms with Gasteiger partial charge in [-0.05, 0) is 44.5 Å². The summed E-state index contributed by atoms with van der Waals surface area (Å²) >= 11 is 1.74. The molecule has 28 heavy (non-hydrogen) atoms. The van der Waals surface area contributed by atoms with Gasteiger partial charge in [0.05, 0.1) is 5.69 Å². The minimum atomic E-state index is -0.187. The van der Waals surface area contributed by atoms with Crippen molar-refractivity contribution >= 4 is 22.9 Å². The molecule has 1 N–H and O–H groups in total. The minimum absolute atomic E-state index is 0.187. The number of hydrogen-bond acceptors (Lipinski definition) is 5. The molecular formula is C21H23N3O3S. The number of aryl methyl sites for hydroxylation is 3. The van der Waals surface area contributed by atoms with Crippen molar-refractivity contribution in [2.45, 2.75) is 33.7 Å². The van der Waals surface area contributed by atoms with E-state index >= 15 is 0 Å². The quantitative estimate of drug-likeness (QED) is 0.680. The standard InChI is InChI=1S/C21H23N3O3S/c1-4-7-24-18(12-17(23-24)16-10-13(2)28-14(16)3)21(25)22-15-5-6-19-20(11-15)27-9-8-26-19/h5-6,10-12H,4,7-9H2,1-3H3,(H,22,25). The number of amides is 1. The maximum absolute atomic E-state index is 13.0. The van der Waals surface area contributed by atoms with Gasteiger partial charge in [-0.15, -0.1) is 11.3 Å². The van der Waals surface area contributed by atoms with Crippen molar-refractivity contribution in [2.24, 2.45) is 0 Å². The van der Waals surface area contributed by atoms with Crippen LogP contribution in [-0.4, -0.2) is 28.9 Å². The second kappa shape index (κ2) is 7.67. The average molecular weight is 398 g/mol. The zero-order valence-corrected chi connectivity index (χ0v) is 17.1. The van der Waals surface area contributed by atoms with Crippen LogP contribution in [0.2, 0.25) is 0 Å². The summed E-state index contributed by atoms with van der Waals surface area (Å²) in [5, 5.41) is 7.65. The lowest BCUT2D eigenvalue weighted by atomic mass is 10.1. The van der Waals surface area contributed by atoms with Gasteiger partial charge in [-0.2, -0.15) is 5.10 Å². The zero-order chi connectivity index (χ0) is 19.7. The molecule has 2 aromatic heterocycles. The summed E-state index contributed by atoms with van der Waals surface area (Å²) in [5.74, 6) is 1.16. The maximum atomic E-state index is 13.0. The van der Waals surface area contributed by atoms with Crippen LogP contribution in [0, 0.1) is 13.8 Å². The van der Waals surface area contributed by atoms with Crippen LogP contribution >= 0.6 is 11.3 Å². The Morgan fingerprint density at radius 2 is 1.96 bits per heavy atom. The second-order valence-corrected chi connectivity index (χ2v) is 8.24. The van der Waals surface area contributed by atoms with Crippen LogP contribution in [0.15, 0.2) is 30.3 Å². The predicted molar refractivity (Wildman–Crippen MR) is 111 cm³/mol. The third-order valence-corrected chi connectivity index (χ3v) is 5.53. The van der Waals surface area contributed by atoms with Gasteiger partial charge in [-0.25, -0.2) is 0 Å². The number of hydrogen-bond donors (Lipinski definition) is 1. The summed E-state index contributed by atoms with van der Waals surface area (Å²) in [5.41, 5.74) is 3.14. The number of aromatic nitrogens is 2. The van der Waals surface area contributed by atoms with Gasteiger partial charge in [0.2, 0.25) is 0 Å². The van der Waals surface area contributed by atoms with Gasteiger partial charge in [0.25, 0.3) is 5.91 Å². The molecule has 4 rings (SSSR count). The number of nitrogens with one attached hydrogen (secondary N) is 1. The fourth-order valence-corrected chi connectivity index (χ4v) is 4.25. The zero-order valence-electron chi connectivity index (χ0n) is 16.2. The summed E-state index contributed by atoms with van der Waals surface area (Å²) in [7, 11) is 0. The minimum Gasteiger partial charge on any atom is -0.486 e. The molecule has 0 unspecified atom stereocenters. The number of nitrogens with zero attached hydrogens (tertiary/aromatic N) is 2. The molecule has 0 saturated carbocycles. The predicted octanol–water partition coefficient (Wildman–Crippen LogP) is 4.66. The fourth-order valence-electron chi connectivity index (χ4n) is 3.31. The number of benzene rings is 1. The SMILES string of the molecule is CCCn1nc(-c2cc(C)sc2C)cc1C(=O)Nc1ccc2c(c1)OCCO2. The lowest BCUT2D eigenvalue weighted by Crippen LogP contribution is -2.19. The van der Waals surface area contributed by atoms with Gasteiger partial charge in [0, 0.05) is 33.6 Å². The van der Waals surface area contributed by atoms with E-state index in [1.54, 1.807) is 22.1 Å². The molecule has 3 heterocycles. The van der Waals surface area contributed by atoms with Crippen LogP contribution in [-0.2, 0) is 6.54 Å². The Morgan fingerprint density at radius 1 is 1.18 bits per heavy atom. The molecule has 0 radical (unpaired) electrons. The van der Waals surface area contributed by atoms with E-state index in [2.05, 4.69) is 32.2 Å². The Kier molecular flexibility index (Phi) is 5.09. The molecular weight excluding hydrogens is 374 g/mol. The Labute approximate surface area is 168 Å². The largest absolute Gasteiger partial charge is 0.486 e. The van der Waals surface area contributed by atoms with E-state index in [0.29, 0.717) is 42.6 Å². The summed E-state index contributed by atoms with van der Waals surface area (Å²) in [6, 6.07) is 9.43. The van der Waals surface area contributed by atoms with Crippen molar-refractivity contribution in [1.29, 1.82) is 0 Å². The number of anilines is 1. The van der Waals surface area contributed by atoms with Gasteiger partial charge in [-0.1, -0.05) is 6.92 Å². The maximum Gasteiger partial charge on any atom is 0.273 e. The van der Waals surface area contributed by atoms with Crippen LogP contribution in [0.4, 0.5) is 5.69 Å². The van der Waals surface area contributed by atoms with Crippen molar-refractivity contribution in [3.8, 4) is 22.8 Å². The van der Waals surface area contributed by atoms with Crippen LogP contribution in [0.3, 0.4) is 0 Å². The van der Waals surface area contributed by atoms with Crippen molar-refractivity contribution in [1.82, 2.24) is 9.78 Å². The van der Waals surface area contributed by atoms with Gasteiger partial charge in [0.15, 0.2) is 11.5 Å². The Bertz CT molecular complexity index is 1020. The molecule has 3 aromatic rings. The molecule has 1 aliphatic rings. The molecule has 146 valence electrons. The third kappa shape index (κ3) is 3.62. The Hall–Kier alpha value is -2.80. The molecule has 1 aliphatic heterocycles. The molecule has 0 aliphatic carbocycles. The molecule has 0 atom stereocenters. The number of thiophene rings is 1. The second-order valence-electron chi connectivity index (χ2n) is 6.78. The Morgan fingerprint density at radius 3 is 2.68 bits per heavy atom. The summed E-state index contributed by atoms with van der Waals surface area (Å²) in [4.78, 5) is 15.4. The van der Waals surface area contributed by atoms with E-state index < -0.39 is 0 Å². The molecule has 6 nitrogen and oxygen atoms in total. The van der Waals surface area contributed by atoms with E-state index in [4.69, 9.17) is 14.6 Å². The van der Waals surface area contributed by atoms with Gasteiger partial charge in [0.1, 0.15) is 18.9 Å². The van der Waals surface area contributed by atoms with E-state index in [-0.39, 0.29) is 5.91 Å². The monoisotopic (exact) mass is 397 g/mol. The fraction of sp³-hybridized carbons (Fsp3) is 0.333. The van der Waals surface area contributed by atoms with Gasteiger partial charge in [-0.3, -0.25) is 9.48 Å². The average Bonchev–Trinajstić information content (AvgIpc) is 3.24. The number of ether oxygens (including phenoxy) is 2. The first-order valence-corrected chi connectivity index (χ1v) is 10.2. The van der Waals surface area contributed by atoms with Crippen molar-refractivity contribution in [3.63, 3.8) is 0 Å². The molecule has 0 saturated heterocycles. The van der Waals surface area contributed by atoms with Crippen LogP contribution in [0.25, 0.3) is 11.3 Å². The molecule has 7 heteroatoms. The number of fused-ring (bicyclic) bond motifs is 1. The van der Waals surface area contributed by atoms with Crippen LogP contribution in [0.5, 0.6) is 11.5 Å². The molecule has 0 fully saturated rings. The third-order valence-electron chi connectivity index (χ3n) is 4.56. The number of carbonyl (C=O) groups excluding carboxylic acids is 1. The van der Waals surface area contributed by atoms with E-state index in [9.17, 15) is 4.79 Å². The highest BCUT2D eigenvalue weighted by molar-refractivity contribution is 7.12. The lowest BCUT2D eigenvalue weighted by Gasteiger charge is -2.19. The molecule has 0 spiro atoms. The normalized spacial score (nSPS) is 12.8. The van der Waals surface area contributed by atoms with E-state index in [1.807, 2.05) is 18.2 Å². The highest BCUT2D eigenvalue weighted by atomic mass is 32.1. The highest BCUT2D eigenvalue weighted by Crippen LogP contribution is 2.33. The molecule has 0 bridgehead atoms. The van der Waals surface area contributed by atoms with Crippen molar-refractivity contribution in [2.75, 3.05) is 18.5 Å². The summed E-state index contributed by atoms with van der Waals surface area (Å²) in [6.07, 6.45) is 0.896. The first-order chi connectivity index (χ1) is 13.5. The highest BCUT2D eigenvalue weighted by Gasteiger charge is 2.19. The molecule has 1 amide bonds. The van der Waals surface area contributed by atoms with Crippen molar-refractivity contribution in [3.05, 3.63) is 45.8 Å². The first kappa shape index (κ1) is 18.6. The topological polar surface area (TPSA) is 65.4 Å². The lowest BCUT2D eigenvalue weighted by molar-refractivity contribution is 0.101. The summed E-state index contributed by atoms with van der Waals surface area (Å²) < 4.78 is 12.9. The van der Waals surface area contributed by atoms with Crippen molar-refractivity contribution < 1.29 is 14.3 Å². The Balaban J connectivity index is 1.62. The van der Waals surface area contributed by atoms with E-state index in [1.165, 1.54) is 9.75 Å².